The summed E-state index contributed by atoms with van der Waals surface area (Å²) >= 11 is 0. The van der Waals surface area contributed by atoms with Gasteiger partial charge in [-0.2, -0.15) is 0 Å². The van der Waals surface area contributed by atoms with E-state index < -0.39 is 0 Å². The Morgan fingerprint density at radius 3 is 2.50 bits per heavy atom. The normalized spacial score (nSPS) is 11.8. The van der Waals surface area contributed by atoms with Crippen molar-refractivity contribution in [3.05, 3.63) is 78.4 Å². The van der Waals surface area contributed by atoms with Crippen LogP contribution in [0.5, 0.6) is 5.75 Å². The molecule has 0 saturated heterocycles. The van der Waals surface area contributed by atoms with E-state index in [9.17, 15) is 0 Å². The van der Waals surface area contributed by atoms with Crippen molar-refractivity contribution in [3.8, 4) is 5.75 Å². The summed E-state index contributed by atoms with van der Waals surface area (Å²) in [4.78, 5) is 0. The smallest absolute Gasteiger partial charge is 0.123 e. The van der Waals surface area contributed by atoms with Crippen LogP contribution in [-0.4, -0.2) is 7.11 Å². The average molecular weight is 267 g/mol. The number of ether oxygens (including phenoxy) is 1. The van der Waals surface area contributed by atoms with E-state index in [0.29, 0.717) is 0 Å². The van der Waals surface area contributed by atoms with E-state index in [4.69, 9.17) is 4.74 Å². The molecule has 0 aromatic heterocycles. The highest BCUT2D eigenvalue weighted by Crippen LogP contribution is 2.27. The molecule has 104 valence electrons. The lowest BCUT2D eigenvalue weighted by atomic mass is 10.0. The van der Waals surface area contributed by atoms with Gasteiger partial charge < -0.3 is 10.1 Å². The van der Waals surface area contributed by atoms with Gasteiger partial charge >= 0.3 is 0 Å². The summed E-state index contributed by atoms with van der Waals surface area (Å²) in [6.07, 6.45) is 2.81. The fraction of sp³-hybridized carbons (Fsp3) is 0.222. The van der Waals surface area contributed by atoms with E-state index in [0.717, 1.165) is 18.7 Å². The standard InChI is InChI=1S/C18H21NO/c1-3-9-17(16-12-7-8-13-18(16)20-2)19-14-15-10-5-4-6-11-15/h3-8,10-13,17,19H,1,9,14H2,2H3/t17-/m1/s1. The third-order valence-electron chi connectivity index (χ3n) is 3.31. The molecule has 0 heterocycles. The van der Waals surface area contributed by atoms with E-state index in [-0.39, 0.29) is 6.04 Å². The quantitative estimate of drug-likeness (QED) is 0.762. The number of rotatable bonds is 7. The zero-order chi connectivity index (χ0) is 14.2. The first-order valence-electron chi connectivity index (χ1n) is 6.86. The summed E-state index contributed by atoms with van der Waals surface area (Å²) < 4.78 is 5.45. The fourth-order valence-electron chi connectivity index (χ4n) is 2.28. The molecule has 0 aliphatic heterocycles. The minimum absolute atomic E-state index is 0.212. The highest BCUT2D eigenvalue weighted by atomic mass is 16.5. The zero-order valence-corrected chi connectivity index (χ0v) is 11.9. The van der Waals surface area contributed by atoms with Crippen molar-refractivity contribution in [2.24, 2.45) is 0 Å². The predicted octanol–water partition coefficient (Wildman–Crippen LogP) is 4.10. The van der Waals surface area contributed by atoms with Crippen molar-refractivity contribution in [1.82, 2.24) is 5.32 Å². The van der Waals surface area contributed by atoms with Crippen molar-refractivity contribution >= 4 is 0 Å². The molecule has 2 rings (SSSR count). The van der Waals surface area contributed by atoms with Crippen molar-refractivity contribution in [2.75, 3.05) is 7.11 Å². The van der Waals surface area contributed by atoms with Crippen LogP contribution in [0.3, 0.4) is 0 Å². The lowest BCUT2D eigenvalue weighted by molar-refractivity contribution is 0.398. The molecule has 0 aliphatic carbocycles. The molecule has 0 bridgehead atoms. The van der Waals surface area contributed by atoms with Gasteiger partial charge in [-0.3, -0.25) is 0 Å². The van der Waals surface area contributed by atoms with E-state index in [1.54, 1.807) is 7.11 Å². The molecule has 2 nitrogen and oxygen atoms in total. The van der Waals surface area contributed by atoms with Gasteiger partial charge in [0.1, 0.15) is 5.75 Å². The van der Waals surface area contributed by atoms with E-state index in [1.165, 1.54) is 11.1 Å². The predicted molar refractivity (Wildman–Crippen MR) is 83.8 cm³/mol. The van der Waals surface area contributed by atoms with Gasteiger partial charge in [-0.05, 0) is 18.1 Å². The molecule has 0 fully saturated rings. The van der Waals surface area contributed by atoms with Gasteiger partial charge in [-0.1, -0.05) is 54.6 Å². The van der Waals surface area contributed by atoms with Crippen molar-refractivity contribution < 1.29 is 4.74 Å². The van der Waals surface area contributed by atoms with Gasteiger partial charge in [0, 0.05) is 18.2 Å². The Balaban J connectivity index is 2.12. The Labute approximate surface area is 121 Å². The first-order chi connectivity index (χ1) is 9.85. The maximum Gasteiger partial charge on any atom is 0.123 e. The maximum absolute atomic E-state index is 5.45. The fourth-order valence-corrected chi connectivity index (χ4v) is 2.28. The molecule has 2 aromatic rings. The number of methoxy groups -OCH3 is 1. The summed E-state index contributed by atoms with van der Waals surface area (Å²) in [5.41, 5.74) is 2.45. The third-order valence-corrected chi connectivity index (χ3v) is 3.31. The Morgan fingerprint density at radius 1 is 1.10 bits per heavy atom. The second-order valence-corrected chi connectivity index (χ2v) is 4.69. The number of benzene rings is 2. The van der Waals surface area contributed by atoms with E-state index in [1.807, 2.05) is 30.3 Å². The summed E-state index contributed by atoms with van der Waals surface area (Å²) in [5.74, 6) is 0.917. The van der Waals surface area contributed by atoms with Crippen LogP contribution >= 0.6 is 0 Å². The summed E-state index contributed by atoms with van der Waals surface area (Å²) in [6.45, 7) is 4.69. The van der Waals surface area contributed by atoms with Crippen LogP contribution in [0.4, 0.5) is 0 Å². The number of hydrogen-bond donors (Lipinski definition) is 1. The average Bonchev–Trinajstić information content (AvgIpc) is 2.52. The monoisotopic (exact) mass is 267 g/mol. The largest absolute Gasteiger partial charge is 0.496 e. The molecule has 0 spiro atoms. The topological polar surface area (TPSA) is 21.3 Å². The molecule has 1 atom stereocenters. The number of nitrogens with one attached hydrogen (secondary N) is 1. The first-order valence-corrected chi connectivity index (χ1v) is 6.86. The van der Waals surface area contributed by atoms with Crippen LogP contribution in [0.15, 0.2) is 67.3 Å². The first kappa shape index (κ1) is 14.4. The molecule has 0 radical (unpaired) electrons. The summed E-state index contributed by atoms with van der Waals surface area (Å²) in [5, 5.41) is 3.58. The van der Waals surface area contributed by atoms with Crippen LogP contribution in [0.25, 0.3) is 0 Å². The second kappa shape index (κ2) is 7.51. The number of para-hydroxylation sites is 1. The van der Waals surface area contributed by atoms with Crippen LogP contribution in [0.1, 0.15) is 23.6 Å². The van der Waals surface area contributed by atoms with Crippen LogP contribution in [0, 0.1) is 0 Å². The molecule has 2 heteroatoms. The Bertz CT molecular complexity index is 536. The minimum Gasteiger partial charge on any atom is -0.496 e. The minimum atomic E-state index is 0.212. The number of hydrogen-bond acceptors (Lipinski definition) is 2. The lowest BCUT2D eigenvalue weighted by Gasteiger charge is -2.20. The SMILES string of the molecule is C=CC[C@@H](NCc1ccccc1)c1ccccc1OC. The van der Waals surface area contributed by atoms with Gasteiger partial charge in [0.15, 0.2) is 0 Å². The molecular weight excluding hydrogens is 246 g/mol. The summed E-state index contributed by atoms with van der Waals surface area (Å²) in [7, 11) is 1.71. The van der Waals surface area contributed by atoms with Gasteiger partial charge in [-0.15, -0.1) is 6.58 Å². The van der Waals surface area contributed by atoms with Gasteiger partial charge in [-0.25, -0.2) is 0 Å². The van der Waals surface area contributed by atoms with Crippen LogP contribution < -0.4 is 10.1 Å². The summed E-state index contributed by atoms with van der Waals surface area (Å²) in [6, 6.07) is 18.7. The lowest BCUT2D eigenvalue weighted by Crippen LogP contribution is -2.21. The molecule has 1 N–H and O–H groups in total. The van der Waals surface area contributed by atoms with E-state index in [2.05, 4.69) is 42.2 Å². The van der Waals surface area contributed by atoms with Crippen LogP contribution in [-0.2, 0) is 6.54 Å². The second-order valence-electron chi connectivity index (χ2n) is 4.69. The van der Waals surface area contributed by atoms with Crippen molar-refractivity contribution in [1.29, 1.82) is 0 Å². The highest BCUT2D eigenvalue weighted by molar-refractivity contribution is 5.36. The molecule has 0 unspecified atom stereocenters. The van der Waals surface area contributed by atoms with Gasteiger partial charge in [0.25, 0.3) is 0 Å². The molecular formula is C18H21NO. The molecule has 20 heavy (non-hydrogen) atoms. The third kappa shape index (κ3) is 3.72. The van der Waals surface area contributed by atoms with Crippen molar-refractivity contribution in [3.63, 3.8) is 0 Å². The Morgan fingerprint density at radius 2 is 1.80 bits per heavy atom. The molecule has 0 aliphatic rings. The molecule has 0 saturated carbocycles. The Kier molecular flexibility index (Phi) is 5.39. The zero-order valence-electron chi connectivity index (χ0n) is 11.9. The van der Waals surface area contributed by atoms with Gasteiger partial charge in [0.05, 0.1) is 7.11 Å². The van der Waals surface area contributed by atoms with Crippen LogP contribution in [0.2, 0.25) is 0 Å². The Hall–Kier alpha value is -2.06. The maximum atomic E-state index is 5.45. The highest BCUT2D eigenvalue weighted by Gasteiger charge is 2.13. The van der Waals surface area contributed by atoms with Crippen molar-refractivity contribution in [2.45, 2.75) is 19.0 Å². The van der Waals surface area contributed by atoms with E-state index >= 15 is 0 Å². The molecule has 2 aromatic carbocycles. The molecule has 0 amide bonds. The van der Waals surface area contributed by atoms with Gasteiger partial charge in [0.2, 0.25) is 0 Å².